The van der Waals surface area contributed by atoms with Gasteiger partial charge in [0, 0.05) is 17.6 Å². The van der Waals surface area contributed by atoms with E-state index in [0.29, 0.717) is 5.56 Å². The van der Waals surface area contributed by atoms with Crippen molar-refractivity contribution < 1.29 is 4.79 Å². The number of amides is 1. The van der Waals surface area contributed by atoms with Crippen molar-refractivity contribution in [1.82, 2.24) is 5.32 Å². The van der Waals surface area contributed by atoms with E-state index in [9.17, 15) is 4.79 Å². The lowest BCUT2D eigenvalue weighted by molar-refractivity contribution is 0.1000. The zero-order chi connectivity index (χ0) is 10.3. The average molecular weight is 190 g/mol. The molecule has 0 saturated heterocycles. The summed E-state index contributed by atoms with van der Waals surface area (Å²) in [5.74, 6) is -0.363. The number of rotatable bonds is 1. The van der Waals surface area contributed by atoms with Crippen LogP contribution < -0.4 is 11.1 Å². The first-order valence-electron chi connectivity index (χ1n) is 4.69. The van der Waals surface area contributed by atoms with Gasteiger partial charge in [0.15, 0.2) is 0 Å². The van der Waals surface area contributed by atoms with E-state index in [4.69, 9.17) is 5.73 Å². The molecule has 0 aliphatic carbocycles. The van der Waals surface area contributed by atoms with Crippen molar-refractivity contribution in [1.29, 1.82) is 0 Å². The quantitative estimate of drug-likeness (QED) is 0.697. The van der Waals surface area contributed by atoms with Crippen LogP contribution in [0.5, 0.6) is 0 Å². The summed E-state index contributed by atoms with van der Waals surface area (Å²) in [4.78, 5) is 11.0. The molecule has 14 heavy (non-hydrogen) atoms. The fourth-order valence-electron chi connectivity index (χ4n) is 1.91. The molecule has 1 aliphatic heterocycles. The third-order valence-corrected chi connectivity index (χ3v) is 2.78. The van der Waals surface area contributed by atoms with E-state index < -0.39 is 0 Å². The van der Waals surface area contributed by atoms with Crippen molar-refractivity contribution in [3.05, 3.63) is 34.9 Å². The van der Waals surface area contributed by atoms with Crippen LogP contribution in [0.15, 0.2) is 18.2 Å². The lowest BCUT2D eigenvalue weighted by atomic mass is 9.93. The molecule has 1 aromatic rings. The molecule has 3 nitrogen and oxygen atoms in total. The van der Waals surface area contributed by atoms with Crippen LogP contribution in [0, 0.1) is 0 Å². The number of carbonyl (C=O) groups is 1. The average Bonchev–Trinajstić information content (AvgIpc) is 2.42. The van der Waals surface area contributed by atoms with Crippen LogP contribution in [0.25, 0.3) is 0 Å². The predicted molar refractivity (Wildman–Crippen MR) is 54.8 cm³/mol. The monoisotopic (exact) mass is 190 g/mol. The van der Waals surface area contributed by atoms with Crippen molar-refractivity contribution in [2.24, 2.45) is 5.73 Å². The molecule has 1 aliphatic rings. The molecule has 1 heterocycles. The summed E-state index contributed by atoms with van der Waals surface area (Å²) in [6.07, 6.45) is 0. The lowest BCUT2D eigenvalue weighted by Crippen LogP contribution is -2.28. The molecule has 1 aromatic carbocycles. The molecule has 0 atom stereocenters. The van der Waals surface area contributed by atoms with Gasteiger partial charge in [-0.3, -0.25) is 4.79 Å². The highest BCUT2D eigenvalue weighted by Crippen LogP contribution is 2.30. The smallest absolute Gasteiger partial charge is 0.248 e. The summed E-state index contributed by atoms with van der Waals surface area (Å²) >= 11 is 0. The molecule has 0 fully saturated rings. The maximum absolute atomic E-state index is 11.0. The zero-order valence-electron chi connectivity index (χ0n) is 8.42. The van der Waals surface area contributed by atoms with Crippen LogP contribution in [-0.2, 0) is 12.1 Å². The minimum atomic E-state index is -0.363. The van der Waals surface area contributed by atoms with Gasteiger partial charge in [0.1, 0.15) is 0 Å². The van der Waals surface area contributed by atoms with E-state index in [1.54, 1.807) is 6.07 Å². The number of primary amides is 1. The van der Waals surface area contributed by atoms with Crippen molar-refractivity contribution in [3.8, 4) is 0 Å². The predicted octanol–water partition coefficient (Wildman–Crippen LogP) is 1.12. The Morgan fingerprint density at radius 1 is 1.50 bits per heavy atom. The van der Waals surface area contributed by atoms with Gasteiger partial charge in [0.2, 0.25) is 5.91 Å². The van der Waals surface area contributed by atoms with Crippen LogP contribution in [-0.4, -0.2) is 5.91 Å². The van der Waals surface area contributed by atoms with E-state index in [1.807, 2.05) is 12.1 Å². The zero-order valence-corrected chi connectivity index (χ0v) is 8.42. The Morgan fingerprint density at radius 2 is 2.21 bits per heavy atom. The summed E-state index contributed by atoms with van der Waals surface area (Å²) in [5, 5.41) is 3.38. The molecule has 0 spiro atoms. The largest absolute Gasteiger partial charge is 0.366 e. The summed E-state index contributed by atoms with van der Waals surface area (Å²) in [7, 11) is 0. The number of carbonyl (C=O) groups excluding carboxylic acids is 1. The molecule has 74 valence electrons. The second-order valence-electron chi connectivity index (χ2n) is 4.21. The normalized spacial score (nSPS) is 17.9. The summed E-state index contributed by atoms with van der Waals surface area (Å²) in [6.45, 7) is 5.06. The summed E-state index contributed by atoms with van der Waals surface area (Å²) < 4.78 is 0. The van der Waals surface area contributed by atoms with Gasteiger partial charge in [-0.1, -0.05) is 6.07 Å². The molecule has 3 heteroatoms. The number of hydrogen-bond donors (Lipinski definition) is 2. The van der Waals surface area contributed by atoms with E-state index in [2.05, 4.69) is 19.2 Å². The molecule has 0 aromatic heterocycles. The minimum Gasteiger partial charge on any atom is -0.366 e. The second kappa shape index (κ2) is 2.82. The van der Waals surface area contributed by atoms with E-state index >= 15 is 0 Å². The van der Waals surface area contributed by atoms with Gasteiger partial charge in [-0.15, -0.1) is 0 Å². The number of nitrogens with two attached hydrogens (primary N) is 1. The molecular formula is C11H14N2O. The number of hydrogen-bond acceptors (Lipinski definition) is 2. The Kier molecular flexibility index (Phi) is 1.86. The van der Waals surface area contributed by atoms with Crippen molar-refractivity contribution in [3.63, 3.8) is 0 Å². The van der Waals surface area contributed by atoms with Gasteiger partial charge in [0.25, 0.3) is 0 Å². The Bertz CT molecular complexity index is 396. The van der Waals surface area contributed by atoms with Crippen LogP contribution in [0.4, 0.5) is 0 Å². The SMILES string of the molecule is CC1(C)NCc2cc(C(N)=O)ccc21. The highest BCUT2D eigenvalue weighted by Gasteiger charge is 2.28. The van der Waals surface area contributed by atoms with Crippen molar-refractivity contribution in [2.75, 3.05) is 0 Å². The van der Waals surface area contributed by atoms with Gasteiger partial charge in [0.05, 0.1) is 0 Å². The topological polar surface area (TPSA) is 55.1 Å². The first kappa shape index (κ1) is 9.21. The molecular weight excluding hydrogens is 176 g/mol. The summed E-state index contributed by atoms with van der Waals surface area (Å²) in [5.41, 5.74) is 8.23. The van der Waals surface area contributed by atoms with E-state index in [1.165, 1.54) is 11.1 Å². The van der Waals surface area contributed by atoms with Crippen LogP contribution in [0.1, 0.15) is 35.3 Å². The standard InChI is InChI=1S/C11H14N2O/c1-11(2)9-4-3-7(10(12)14)5-8(9)6-13-11/h3-5,13H,6H2,1-2H3,(H2,12,14). The molecule has 2 rings (SSSR count). The van der Waals surface area contributed by atoms with Gasteiger partial charge < -0.3 is 11.1 Å². The van der Waals surface area contributed by atoms with Gasteiger partial charge in [-0.25, -0.2) is 0 Å². The molecule has 1 amide bonds. The van der Waals surface area contributed by atoms with Crippen molar-refractivity contribution in [2.45, 2.75) is 25.9 Å². The first-order chi connectivity index (χ1) is 6.50. The Morgan fingerprint density at radius 3 is 2.86 bits per heavy atom. The third-order valence-electron chi connectivity index (χ3n) is 2.78. The van der Waals surface area contributed by atoms with Gasteiger partial charge in [-0.2, -0.15) is 0 Å². The second-order valence-corrected chi connectivity index (χ2v) is 4.21. The van der Waals surface area contributed by atoms with Crippen molar-refractivity contribution >= 4 is 5.91 Å². The van der Waals surface area contributed by atoms with E-state index in [-0.39, 0.29) is 11.4 Å². The number of benzene rings is 1. The van der Waals surface area contributed by atoms with Gasteiger partial charge in [-0.05, 0) is 37.1 Å². The number of fused-ring (bicyclic) bond motifs is 1. The molecule has 0 saturated carbocycles. The fourth-order valence-corrected chi connectivity index (χ4v) is 1.91. The maximum atomic E-state index is 11.0. The lowest BCUT2D eigenvalue weighted by Gasteiger charge is -2.19. The first-order valence-corrected chi connectivity index (χ1v) is 4.69. The highest BCUT2D eigenvalue weighted by molar-refractivity contribution is 5.93. The number of nitrogens with one attached hydrogen (secondary N) is 1. The minimum absolute atomic E-state index is 0.00547. The van der Waals surface area contributed by atoms with Crippen LogP contribution in [0.2, 0.25) is 0 Å². The van der Waals surface area contributed by atoms with Crippen LogP contribution >= 0.6 is 0 Å². The molecule has 0 bridgehead atoms. The molecule has 0 radical (unpaired) electrons. The highest BCUT2D eigenvalue weighted by atomic mass is 16.1. The fraction of sp³-hybridized carbons (Fsp3) is 0.364. The molecule has 3 N–H and O–H groups in total. The van der Waals surface area contributed by atoms with Gasteiger partial charge >= 0.3 is 0 Å². The maximum Gasteiger partial charge on any atom is 0.248 e. The Hall–Kier alpha value is -1.35. The van der Waals surface area contributed by atoms with Crippen LogP contribution in [0.3, 0.4) is 0 Å². The Balaban J connectivity index is 2.49. The van der Waals surface area contributed by atoms with E-state index in [0.717, 1.165) is 6.54 Å². The summed E-state index contributed by atoms with van der Waals surface area (Å²) in [6, 6.07) is 5.64. The molecule has 0 unspecified atom stereocenters. The third kappa shape index (κ3) is 1.30. The Labute approximate surface area is 83.3 Å².